The van der Waals surface area contributed by atoms with Gasteiger partial charge >= 0.3 is 6.18 Å². The first kappa shape index (κ1) is 25.6. The second-order valence-electron chi connectivity index (χ2n) is 6.16. The summed E-state index contributed by atoms with van der Waals surface area (Å²) in [6.45, 7) is 4.67. The van der Waals surface area contributed by atoms with Crippen LogP contribution in [0.3, 0.4) is 0 Å². The Morgan fingerprint density at radius 3 is 2.45 bits per heavy atom. The number of aliphatic imine (C=N–C) groups is 1. The first-order valence-electron chi connectivity index (χ1n) is 9.01. The van der Waals surface area contributed by atoms with Crippen LogP contribution >= 0.6 is 35.3 Å². The molecule has 5 nitrogen and oxygen atoms in total. The molecule has 1 heterocycles. The first-order chi connectivity index (χ1) is 13.4. The van der Waals surface area contributed by atoms with Crippen LogP contribution in [-0.4, -0.2) is 36.8 Å². The summed E-state index contributed by atoms with van der Waals surface area (Å²) in [5.74, 6) is 0.716. The van der Waals surface area contributed by atoms with E-state index in [-0.39, 0.29) is 30.6 Å². The lowest BCUT2D eigenvalue weighted by Crippen LogP contribution is -2.38. The van der Waals surface area contributed by atoms with Crippen LogP contribution in [0.1, 0.15) is 27.9 Å². The molecule has 0 atom stereocenters. The average molecular weight is 542 g/mol. The van der Waals surface area contributed by atoms with Crippen LogP contribution in [0, 0.1) is 6.92 Å². The third-order valence-corrected chi connectivity index (χ3v) is 4.59. The first-order valence-corrected chi connectivity index (χ1v) is 9.83. The number of aromatic nitrogens is 1. The highest BCUT2D eigenvalue weighted by molar-refractivity contribution is 14.0. The molecule has 0 saturated carbocycles. The molecule has 0 aliphatic carbocycles. The van der Waals surface area contributed by atoms with Gasteiger partial charge in [-0.15, -0.1) is 35.3 Å². The molecule has 1 aromatic heterocycles. The summed E-state index contributed by atoms with van der Waals surface area (Å²) in [4.78, 5) is 10.1. The highest BCUT2D eigenvalue weighted by Crippen LogP contribution is 2.16. The Balaban J connectivity index is 0.00000420. The molecule has 0 radical (unpaired) electrons. The number of nitrogens with one attached hydrogen (secondary N) is 2. The number of hydrogen-bond donors (Lipinski definition) is 2. The van der Waals surface area contributed by atoms with Gasteiger partial charge in [0.05, 0.1) is 18.2 Å². The number of alkyl halides is 3. The quantitative estimate of drug-likeness (QED) is 0.280. The van der Waals surface area contributed by atoms with Crippen LogP contribution in [0.25, 0.3) is 0 Å². The van der Waals surface area contributed by atoms with Crippen molar-refractivity contribution in [3.8, 4) is 0 Å². The predicted molar refractivity (Wildman–Crippen MR) is 121 cm³/mol. The average Bonchev–Trinajstić information content (AvgIpc) is 3.05. The molecule has 1 aromatic carbocycles. The van der Waals surface area contributed by atoms with Crippen molar-refractivity contribution in [2.45, 2.75) is 39.6 Å². The lowest BCUT2D eigenvalue weighted by molar-refractivity contribution is -0.176. The maximum Gasteiger partial charge on any atom is 0.411 e. The lowest BCUT2D eigenvalue weighted by atomic mass is 10.1. The number of nitrogens with zero attached hydrogens (tertiary/aromatic N) is 2. The van der Waals surface area contributed by atoms with E-state index >= 15 is 0 Å². The third kappa shape index (κ3) is 10.8. The summed E-state index contributed by atoms with van der Waals surface area (Å²) in [6, 6.07) is 7.20. The lowest BCUT2D eigenvalue weighted by Gasteiger charge is -2.11. The van der Waals surface area contributed by atoms with Gasteiger partial charge in [0.1, 0.15) is 6.61 Å². The Kier molecular flexibility index (Phi) is 11.5. The topological polar surface area (TPSA) is 58.5 Å². The van der Waals surface area contributed by atoms with Gasteiger partial charge in [0.2, 0.25) is 0 Å². The van der Waals surface area contributed by atoms with Gasteiger partial charge in [0.15, 0.2) is 5.96 Å². The number of ether oxygens (including phenoxy) is 1. The Morgan fingerprint density at radius 2 is 1.86 bits per heavy atom. The highest BCUT2D eigenvalue weighted by atomic mass is 127. The molecule has 0 aliphatic heterocycles. The van der Waals surface area contributed by atoms with Crippen molar-refractivity contribution < 1.29 is 17.9 Å². The fraction of sp³-hybridized carbons (Fsp3) is 0.474. The number of thiazole rings is 1. The Hall–Kier alpha value is -1.40. The van der Waals surface area contributed by atoms with Crippen molar-refractivity contribution in [1.82, 2.24) is 15.6 Å². The van der Waals surface area contributed by atoms with Crippen LogP contribution < -0.4 is 10.6 Å². The van der Waals surface area contributed by atoms with Crippen molar-refractivity contribution in [2.75, 3.05) is 19.7 Å². The minimum Gasteiger partial charge on any atom is -0.367 e. The van der Waals surface area contributed by atoms with Crippen molar-refractivity contribution in [2.24, 2.45) is 4.99 Å². The van der Waals surface area contributed by atoms with Crippen molar-refractivity contribution >= 4 is 41.3 Å². The van der Waals surface area contributed by atoms with Crippen molar-refractivity contribution in [1.29, 1.82) is 0 Å². The van der Waals surface area contributed by atoms with Crippen molar-refractivity contribution in [3.05, 3.63) is 51.5 Å². The van der Waals surface area contributed by atoms with Gasteiger partial charge in [-0.2, -0.15) is 13.2 Å². The molecule has 0 spiro atoms. The van der Waals surface area contributed by atoms with Crippen LogP contribution in [0.5, 0.6) is 0 Å². The van der Waals surface area contributed by atoms with Crippen LogP contribution in [-0.2, 0) is 24.3 Å². The van der Waals surface area contributed by atoms with Gasteiger partial charge in [0.25, 0.3) is 0 Å². The van der Waals surface area contributed by atoms with E-state index < -0.39 is 12.8 Å². The summed E-state index contributed by atoms with van der Waals surface area (Å²) in [7, 11) is 0. The molecule has 2 rings (SSSR count). The Morgan fingerprint density at radius 1 is 1.17 bits per heavy atom. The van der Waals surface area contributed by atoms with Gasteiger partial charge in [-0.25, -0.2) is 9.98 Å². The van der Waals surface area contributed by atoms with E-state index in [4.69, 9.17) is 0 Å². The molecule has 162 valence electrons. The van der Waals surface area contributed by atoms with Crippen molar-refractivity contribution in [3.63, 3.8) is 0 Å². The molecule has 29 heavy (non-hydrogen) atoms. The zero-order valence-electron chi connectivity index (χ0n) is 16.4. The van der Waals surface area contributed by atoms with Crippen LogP contribution in [0.4, 0.5) is 13.2 Å². The fourth-order valence-electron chi connectivity index (χ4n) is 2.34. The highest BCUT2D eigenvalue weighted by Gasteiger charge is 2.27. The SMILES string of the molecule is CCNC(=NCc1ccc(COCC(F)(F)F)cc1)NCCc1ncc(C)s1.I. The van der Waals surface area contributed by atoms with E-state index in [1.807, 2.05) is 32.2 Å². The van der Waals surface area contributed by atoms with Gasteiger partial charge in [-0.05, 0) is 25.0 Å². The molecular weight excluding hydrogens is 516 g/mol. The third-order valence-electron chi connectivity index (χ3n) is 3.62. The molecule has 0 fully saturated rings. The standard InChI is InChI=1S/C19H25F3N4OS.HI/c1-3-23-18(24-9-8-17-25-10-14(2)28-17)26-11-15-4-6-16(7-5-15)12-27-13-19(20,21)22;/h4-7,10H,3,8-9,11-13H2,1-2H3,(H2,23,24,26);1H. The molecular formula is C19H26F3IN4OS. The zero-order chi connectivity index (χ0) is 20.4. The molecule has 0 aliphatic rings. The van der Waals surface area contributed by atoms with E-state index in [9.17, 15) is 13.2 Å². The maximum atomic E-state index is 12.1. The van der Waals surface area contributed by atoms with E-state index in [2.05, 4.69) is 25.3 Å². The number of rotatable bonds is 9. The number of halogens is 4. The van der Waals surface area contributed by atoms with E-state index in [1.54, 1.807) is 23.5 Å². The van der Waals surface area contributed by atoms with Crippen LogP contribution in [0.2, 0.25) is 0 Å². The van der Waals surface area contributed by atoms with E-state index in [0.29, 0.717) is 18.1 Å². The molecule has 10 heteroatoms. The zero-order valence-corrected chi connectivity index (χ0v) is 19.5. The molecule has 0 saturated heterocycles. The minimum absolute atomic E-state index is 0. The summed E-state index contributed by atoms with van der Waals surface area (Å²) in [6.07, 6.45) is -1.60. The molecule has 0 unspecified atom stereocenters. The summed E-state index contributed by atoms with van der Waals surface area (Å²) < 4.78 is 40.9. The van der Waals surface area contributed by atoms with Gasteiger partial charge < -0.3 is 15.4 Å². The summed E-state index contributed by atoms with van der Waals surface area (Å²) >= 11 is 1.69. The summed E-state index contributed by atoms with van der Waals surface area (Å²) in [5, 5.41) is 7.56. The smallest absolute Gasteiger partial charge is 0.367 e. The number of guanidine groups is 1. The monoisotopic (exact) mass is 542 g/mol. The molecule has 0 amide bonds. The van der Waals surface area contributed by atoms with Gasteiger partial charge in [0, 0.05) is 30.6 Å². The molecule has 0 bridgehead atoms. The second kappa shape index (κ2) is 13.0. The summed E-state index contributed by atoms with van der Waals surface area (Å²) in [5.41, 5.74) is 1.66. The normalized spacial score (nSPS) is 11.8. The van der Waals surface area contributed by atoms with E-state index in [1.165, 1.54) is 4.88 Å². The largest absolute Gasteiger partial charge is 0.411 e. The van der Waals surface area contributed by atoms with Crippen LogP contribution in [0.15, 0.2) is 35.5 Å². The second-order valence-corrected chi connectivity index (χ2v) is 7.48. The molecule has 2 N–H and O–H groups in total. The minimum atomic E-state index is -4.30. The number of hydrogen-bond acceptors (Lipinski definition) is 4. The van der Waals surface area contributed by atoms with E-state index in [0.717, 1.165) is 30.1 Å². The predicted octanol–water partition coefficient (Wildman–Crippen LogP) is 4.45. The number of aryl methyl sites for hydroxylation is 1. The number of benzene rings is 1. The molecule has 2 aromatic rings. The fourth-order valence-corrected chi connectivity index (χ4v) is 3.13. The van der Waals surface area contributed by atoms with Gasteiger partial charge in [-0.1, -0.05) is 24.3 Å². The van der Waals surface area contributed by atoms with Gasteiger partial charge in [-0.3, -0.25) is 0 Å². The Bertz CT molecular complexity index is 751. The Labute approximate surface area is 190 Å². The maximum absolute atomic E-state index is 12.1.